The first-order valence-electron chi connectivity index (χ1n) is 8.94. The van der Waals surface area contributed by atoms with Crippen molar-refractivity contribution in [2.45, 2.75) is 19.3 Å². The molecule has 0 spiro atoms. The molecule has 1 saturated heterocycles. The molecule has 0 radical (unpaired) electrons. The second-order valence-electron chi connectivity index (χ2n) is 6.79. The Labute approximate surface area is 151 Å². The summed E-state index contributed by atoms with van der Waals surface area (Å²) < 4.78 is 5.34. The van der Waals surface area contributed by atoms with Gasteiger partial charge < -0.3 is 19.5 Å². The van der Waals surface area contributed by atoms with E-state index in [1.807, 2.05) is 23.1 Å². The van der Waals surface area contributed by atoms with E-state index in [0.717, 1.165) is 5.69 Å². The number of hydrogen-bond donors (Lipinski definition) is 1. The maximum absolute atomic E-state index is 12.9. The number of fused-ring (bicyclic) bond motifs is 1. The smallest absolute Gasteiger partial charge is 0.252 e. The summed E-state index contributed by atoms with van der Waals surface area (Å²) in [6, 6.07) is 9.44. The highest BCUT2D eigenvalue weighted by Gasteiger charge is 2.29. The number of carbonyl (C=O) groups excluding carboxylic acids is 1. The van der Waals surface area contributed by atoms with Gasteiger partial charge in [0.2, 0.25) is 5.91 Å². The van der Waals surface area contributed by atoms with Crippen molar-refractivity contribution in [3.8, 4) is 0 Å². The summed E-state index contributed by atoms with van der Waals surface area (Å²) in [6.45, 7) is 5.40. The molecule has 1 aromatic heterocycles. The van der Waals surface area contributed by atoms with E-state index in [2.05, 4.69) is 23.0 Å². The topological polar surface area (TPSA) is 78.5 Å². The maximum Gasteiger partial charge on any atom is 0.252 e. The molecule has 7 heteroatoms. The predicted molar refractivity (Wildman–Crippen MR) is 98.8 cm³/mol. The van der Waals surface area contributed by atoms with Gasteiger partial charge in [-0.15, -0.1) is 0 Å². The molecule has 1 atom stereocenters. The average molecular weight is 354 g/mol. The van der Waals surface area contributed by atoms with Crippen LogP contribution in [0.4, 0.5) is 11.5 Å². The van der Waals surface area contributed by atoms with Crippen LogP contribution < -0.4 is 15.4 Å². The van der Waals surface area contributed by atoms with E-state index in [-0.39, 0.29) is 17.9 Å². The van der Waals surface area contributed by atoms with Crippen molar-refractivity contribution < 1.29 is 9.53 Å². The van der Waals surface area contributed by atoms with Crippen LogP contribution in [0.3, 0.4) is 0 Å². The summed E-state index contributed by atoms with van der Waals surface area (Å²) in [5.41, 5.74) is 1.90. The molecule has 0 saturated carbocycles. The van der Waals surface area contributed by atoms with Crippen molar-refractivity contribution in [3.05, 3.63) is 52.1 Å². The van der Waals surface area contributed by atoms with Crippen molar-refractivity contribution in [3.63, 3.8) is 0 Å². The first-order valence-corrected chi connectivity index (χ1v) is 8.94. The first-order chi connectivity index (χ1) is 12.6. The van der Waals surface area contributed by atoms with E-state index in [1.54, 1.807) is 4.90 Å². The Bertz CT molecular complexity index is 873. The van der Waals surface area contributed by atoms with Gasteiger partial charge >= 0.3 is 0 Å². The molecule has 136 valence electrons. The molecule has 0 aliphatic carbocycles. The number of hydrogen-bond acceptors (Lipinski definition) is 5. The Morgan fingerprint density at radius 2 is 2.08 bits per heavy atom. The summed E-state index contributed by atoms with van der Waals surface area (Å²) in [7, 11) is 0. The molecule has 2 aliphatic rings. The van der Waals surface area contributed by atoms with Crippen LogP contribution in [0.5, 0.6) is 0 Å². The van der Waals surface area contributed by atoms with Crippen molar-refractivity contribution in [1.82, 2.24) is 9.97 Å². The van der Waals surface area contributed by atoms with Crippen molar-refractivity contribution >= 4 is 17.4 Å². The number of amides is 1. The number of nitrogens with one attached hydrogen (secondary N) is 1. The Balaban J connectivity index is 1.55. The van der Waals surface area contributed by atoms with E-state index < -0.39 is 0 Å². The number of carbonyl (C=O) groups is 1. The SMILES string of the molecule is C[C@H]1CN(C(=O)Cc2nc(N3CCOCC3)cc(=O)[nH]2)c2ccccc21. The van der Waals surface area contributed by atoms with Crippen LogP contribution >= 0.6 is 0 Å². The zero-order valence-corrected chi connectivity index (χ0v) is 14.8. The molecular formula is C19H22N4O3. The summed E-state index contributed by atoms with van der Waals surface area (Å²) >= 11 is 0. The Morgan fingerprint density at radius 3 is 2.88 bits per heavy atom. The fourth-order valence-corrected chi connectivity index (χ4v) is 3.63. The molecule has 1 aromatic carbocycles. The van der Waals surface area contributed by atoms with E-state index in [0.29, 0.717) is 50.4 Å². The molecule has 2 aliphatic heterocycles. The predicted octanol–water partition coefficient (Wildman–Crippen LogP) is 1.30. The third-order valence-corrected chi connectivity index (χ3v) is 4.95. The van der Waals surface area contributed by atoms with Crippen LogP contribution in [0, 0.1) is 0 Å². The molecule has 26 heavy (non-hydrogen) atoms. The minimum Gasteiger partial charge on any atom is -0.378 e. The van der Waals surface area contributed by atoms with Crippen molar-refractivity contribution in [1.29, 1.82) is 0 Å². The highest BCUT2D eigenvalue weighted by Crippen LogP contribution is 2.35. The van der Waals surface area contributed by atoms with Crippen LogP contribution in [0.25, 0.3) is 0 Å². The molecule has 4 rings (SSSR count). The number of rotatable bonds is 3. The highest BCUT2D eigenvalue weighted by molar-refractivity contribution is 5.96. The van der Waals surface area contributed by atoms with Gasteiger partial charge in [0.05, 0.1) is 19.6 Å². The molecule has 3 heterocycles. The monoisotopic (exact) mass is 354 g/mol. The minimum absolute atomic E-state index is 0.0518. The lowest BCUT2D eigenvalue weighted by Gasteiger charge is -2.27. The first kappa shape index (κ1) is 16.8. The van der Waals surface area contributed by atoms with Crippen molar-refractivity contribution in [2.75, 3.05) is 42.6 Å². The lowest BCUT2D eigenvalue weighted by Crippen LogP contribution is -2.38. The van der Waals surface area contributed by atoms with Gasteiger partial charge in [0, 0.05) is 37.3 Å². The van der Waals surface area contributed by atoms with Crippen LogP contribution in [0.1, 0.15) is 24.2 Å². The number of anilines is 2. The number of H-pyrrole nitrogens is 1. The van der Waals surface area contributed by atoms with E-state index in [9.17, 15) is 9.59 Å². The van der Waals surface area contributed by atoms with Gasteiger partial charge in [0.15, 0.2) is 0 Å². The number of aromatic nitrogens is 2. The second-order valence-corrected chi connectivity index (χ2v) is 6.79. The Hall–Kier alpha value is -2.67. The Morgan fingerprint density at radius 1 is 1.31 bits per heavy atom. The van der Waals surface area contributed by atoms with Gasteiger partial charge in [0.25, 0.3) is 5.56 Å². The quantitative estimate of drug-likeness (QED) is 0.899. The lowest BCUT2D eigenvalue weighted by atomic mass is 10.0. The normalized spacial score (nSPS) is 19.5. The third-order valence-electron chi connectivity index (χ3n) is 4.95. The fraction of sp³-hybridized carbons (Fsp3) is 0.421. The number of ether oxygens (including phenoxy) is 1. The summed E-state index contributed by atoms with van der Waals surface area (Å²) in [4.78, 5) is 35.9. The number of para-hydroxylation sites is 1. The van der Waals surface area contributed by atoms with Crippen LogP contribution in [0.2, 0.25) is 0 Å². The van der Waals surface area contributed by atoms with Crippen LogP contribution in [-0.2, 0) is 16.0 Å². The van der Waals surface area contributed by atoms with Crippen LogP contribution in [0.15, 0.2) is 35.1 Å². The number of nitrogens with zero attached hydrogens (tertiary/aromatic N) is 3. The number of benzene rings is 1. The zero-order chi connectivity index (χ0) is 18.1. The summed E-state index contributed by atoms with van der Waals surface area (Å²) in [6.07, 6.45) is 0.0779. The number of aromatic amines is 1. The molecule has 0 bridgehead atoms. The van der Waals surface area contributed by atoms with Crippen molar-refractivity contribution in [2.24, 2.45) is 0 Å². The molecular weight excluding hydrogens is 332 g/mol. The third kappa shape index (κ3) is 3.22. The molecule has 0 unspecified atom stereocenters. The maximum atomic E-state index is 12.9. The zero-order valence-electron chi connectivity index (χ0n) is 14.8. The average Bonchev–Trinajstić information content (AvgIpc) is 2.99. The highest BCUT2D eigenvalue weighted by atomic mass is 16.5. The molecule has 1 fully saturated rings. The van der Waals surface area contributed by atoms with Crippen LogP contribution in [-0.4, -0.2) is 48.7 Å². The van der Waals surface area contributed by atoms with Gasteiger partial charge in [-0.25, -0.2) is 4.98 Å². The number of morpholine rings is 1. The fourth-order valence-electron chi connectivity index (χ4n) is 3.63. The van der Waals surface area contributed by atoms with E-state index in [4.69, 9.17) is 4.74 Å². The molecule has 1 N–H and O–H groups in total. The minimum atomic E-state index is -0.237. The second kappa shape index (κ2) is 6.92. The van der Waals surface area contributed by atoms with E-state index in [1.165, 1.54) is 11.6 Å². The molecule has 7 nitrogen and oxygen atoms in total. The Kier molecular flexibility index (Phi) is 4.46. The van der Waals surface area contributed by atoms with E-state index >= 15 is 0 Å². The van der Waals surface area contributed by atoms with Gasteiger partial charge in [-0.05, 0) is 11.6 Å². The summed E-state index contributed by atoms with van der Waals surface area (Å²) in [5.74, 6) is 1.27. The largest absolute Gasteiger partial charge is 0.378 e. The molecule has 2 aromatic rings. The molecule has 1 amide bonds. The van der Waals surface area contributed by atoms with Gasteiger partial charge in [-0.1, -0.05) is 25.1 Å². The van der Waals surface area contributed by atoms with Gasteiger partial charge in [-0.3, -0.25) is 9.59 Å². The standard InChI is InChI=1S/C19H22N4O3/c1-13-12-23(15-5-3-2-4-14(13)15)19(25)10-16-20-17(11-18(24)21-16)22-6-8-26-9-7-22/h2-5,11,13H,6-10,12H2,1H3,(H,20,21,24)/t13-/m0/s1. The summed E-state index contributed by atoms with van der Waals surface area (Å²) in [5, 5.41) is 0. The van der Waals surface area contributed by atoms with Gasteiger partial charge in [-0.2, -0.15) is 0 Å². The lowest BCUT2D eigenvalue weighted by molar-refractivity contribution is -0.118. The van der Waals surface area contributed by atoms with Gasteiger partial charge in [0.1, 0.15) is 11.6 Å².